The molecule has 0 amide bonds. The van der Waals surface area contributed by atoms with Gasteiger partial charge in [-0.25, -0.2) is 0 Å². The van der Waals surface area contributed by atoms with E-state index in [1.807, 2.05) is 0 Å². The van der Waals surface area contributed by atoms with Gasteiger partial charge in [-0.1, -0.05) is 48.9 Å². The van der Waals surface area contributed by atoms with Crippen molar-refractivity contribution in [2.75, 3.05) is 19.0 Å². The summed E-state index contributed by atoms with van der Waals surface area (Å²) in [5.74, 6) is 1.38. The molecular formula is C19H23N. The monoisotopic (exact) mass is 265 g/mol. The average molecular weight is 265 g/mol. The van der Waals surface area contributed by atoms with Gasteiger partial charge >= 0.3 is 0 Å². The SMILES string of the molecule is CN(C)c1ccc([C@@H]2CCC[C@H]2c2ccccc2)cc1. The molecule has 2 aromatic rings. The zero-order chi connectivity index (χ0) is 13.9. The van der Waals surface area contributed by atoms with Crippen LogP contribution in [0.15, 0.2) is 54.6 Å². The number of anilines is 1. The first-order chi connectivity index (χ1) is 9.75. The Morgan fingerprint density at radius 1 is 0.750 bits per heavy atom. The van der Waals surface area contributed by atoms with Crippen molar-refractivity contribution in [1.29, 1.82) is 0 Å². The molecular weight excluding hydrogens is 242 g/mol. The number of hydrogen-bond acceptors (Lipinski definition) is 1. The van der Waals surface area contributed by atoms with Gasteiger partial charge in [0.15, 0.2) is 0 Å². The van der Waals surface area contributed by atoms with Crippen molar-refractivity contribution >= 4 is 5.69 Å². The molecule has 0 N–H and O–H groups in total. The molecule has 1 nitrogen and oxygen atoms in total. The van der Waals surface area contributed by atoms with Crippen LogP contribution < -0.4 is 4.90 Å². The fraction of sp³-hybridized carbons (Fsp3) is 0.368. The normalized spacial score (nSPS) is 21.9. The lowest BCUT2D eigenvalue weighted by Crippen LogP contribution is -2.09. The van der Waals surface area contributed by atoms with Gasteiger partial charge in [0.25, 0.3) is 0 Å². The molecule has 1 aliphatic rings. The highest BCUT2D eigenvalue weighted by atomic mass is 15.1. The molecule has 2 aromatic carbocycles. The summed E-state index contributed by atoms with van der Waals surface area (Å²) < 4.78 is 0. The summed E-state index contributed by atoms with van der Waals surface area (Å²) in [7, 11) is 4.19. The summed E-state index contributed by atoms with van der Waals surface area (Å²) in [6, 6.07) is 20.2. The van der Waals surface area contributed by atoms with Crippen molar-refractivity contribution in [3.63, 3.8) is 0 Å². The molecule has 1 aliphatic carbocycles. The van der Waals surface area contributed by atoms with Gasteiger partial charge in [0.05, 0.1) is 0 Å². The first-order valence-corrected chi connectivity index (χ1v) is 7.58. The fourth-order valence-electron chi connectivity index (χ4n) is 3.48. The maximum atomic E-state index is 2.32. The topological polar surface area (TPSA) is 3.24 Å². The third-order valence-electron chi connectivity index (χ3n) is 4.58. The molecule has 1 saturated carbocycles. The highest BCUT2D eigenvalue weighted by Gasteiger charge is 2.29. The van der Waals surface area contributed by atoms with Gasteiger partial charge in [-0.3, -0.25) is 0 Å². The van der Waals surface area contributed by atoms with Gasteiger partial charge in [0, 0.05) is 19.8 Å². The van der Waals surface area contributed by atoms with Crippen LogP contribution in [0.5, 0.6) is 0 Å². The minimum Gasteiger partial charge on any atom is -0.378 e. The Bertz CT molecular complexity index is 542. The van der Waals surface area contributed by atoms with E-state index in [1.165, 1.54) is 36.1 Å². The summed E-state index contributed by atoms with van der Waals surface area (Å²) in [6.07, 6.45) is 3.99. The molecule has 1 fully saturated rings. The molecule has 0 aliphatic heterocycles. The van der Waals surface area contributed by atoms with E-state index in [0.29, 0.717) is 11.8 Å². The van der Waals surface area contributed by atoms with Gasteiger partial charge < -0.3 is 4.90 Å². The minimum absolute atomic E-state index is 0.689. The van der Waals surface area contributed by atoms with E-state index >= 15 is 0 Å². The van der Waals surface area contributed by atoms with Gasteiger partial charge in [-0.05, 0) is 47.9 Å². The first-order valence-electron chi connectivity index (χ1n) is 7.58. The summed E-state index contributed by atoms with van der Waals surface area (Å²) >= 11 is 0. The number of benzene rings is 2. The van der Waals surface area contributed by atoms with E-state index in [4.69, 9.17) is 0 Å². The predicted molar refractivity (Wildman–Crippen MR) is 86.5 cm³/mol. The number of hydrogen-bond donors (Lipinski definition) is 0. The van der Waals surface area contributed by atoms with E-state index in [0.717, 1.165) is 0 Å². The van der Waals surface area contributed by atoms with E-state index < -0.39 is 0 Å². The molecule has 0 spiro atoms. The molecule has 3 rings (SSSR count). The van der Waals surface area contributed by atoms with Crippen molar-refractivity contribution in [3.05, 3.63) is 65.7 Å². The van der Waals surface area contributed by atoms with Crippen molar-refractivity contribution in [2.24, 2.45) is 0 Å². The van der Waals surface area contributed by atoms with Crippen LogP contribution in [0.3, 0.4) is 0 Å². The third-order valence-corrected chi connectivity index (χ3v) is 4.58. The second-order valence-electron chi connectivity index (χ2n) is 6.04. The fourth-order valence-corrected chi connectivity index (χ4v) is 3.48. The van der Waals surface area contributed by atoms with Gasteiger partial charge in [0.1, 0.15) is 0 Å². The lowest BCUT2D eigenvalue weighted by atomic mass is 9.84. The van der Waals surface area contributed by atoms with E-state index in [9.17, 15) is 0 Å². The molecule has 0 aromatic heterocycles. The van der Waals surface area contributed by atoms with Crippen LogP contribution in [0.4, 0.5) is 5.69 Å². The summed E-state index contributed by atoms with van der Waals surface area (Å²) in [5, 5.41) is 0. The Morgan fingerprint density at radius 3 is 1.85 bits per heavy atom. The highest BCUT2D eigenvalue weighted by molar-refractivity contribution is 5.47. The van der Waals surface area contributed by atoms with Gasteiger partial charge in [-0.15, -0.1) is 0 Å². The third kappa shape index (κ3) is 2.58. The van der Waals surface area contributed by atoms with Crippen LogP contribution in [-0.2, 0) is 0 Å². The molecule has 0 bridgehead atoms. The Labute approximate surface area is 122 Å². The van der Waals surface area contributed by atoms with Crippen molar-refractivity contribution < 1.29 is 0 Å². The zero-order valence-corrected chi connectivity index (χ0v) is 12.4. The van der Waals surface area contributed by atoms with Crippen LogP contribution in [0, 0.1) is 0 Å². The van der Waals surface area contributed by atoms with E-state index in [-0.39, 0.29) is 0 Å². The maximum absolute atomic E-state index is 2.32. The minimum atomic E-state index is 0.689. The molecule has 0 saturated heterocycles. The van der Waals surface area contributed by atoms with Gasteiger partial charge in [0.2, 0.25) is 0 Å². The molecule has 0 radical (unpaired) electrons. The second kappa shape index (κ2) is 5.70. The Balaban J connectivity index is 1.85. The van der Waals surface area contributed by atoms with Crippen LogP contribution in [0.1, 0.15) is 42.2 Å². The predicted octanol–water partition coefficient (Wildman–Crippen LogP) is 4.80. The highest BCUT2D eigenvalue weighted by Crippen LogP contribution is 2.45. The molecule has 1 heteroatoms. The largest absolute Gasteiger partial charge is 0.378 e. The Morgan fingerprint density at radius 2 is 1.30 bits per heavy atom. The number of nitrogens with zero attached hydrogens (tertiary/aromatic N) is 1. The summed E-state index contributed by atoms with van der Waals surface area (Å²) in [6.45, 7) is 0. The van der Waals surface area contributed by atoms with E-state index in [2.05, 4.69) is 73.6 Å². The lowest BCUT2D eigenvalue weighted by Gasteiger charge is -2.21. The molecule has 0 unspecified atom stereocenters. The maximum Gasteiger partial charge on any atom is 0.0361 e. The standard InChI is InChI=1S/C19H23N/c1-20(2)17-13-11-16(12-14-17)19-10-6-9-18(19)15-7-4-3-5-8-15/h3-5,7-8,11-14,18-19H,6,9-10H2,1-2H3/t18-,19-/m0/s1. The number of rotatable bonds is 3. The van der Waals surface area contributed by atoms with Crippen LogP contribution >= 0.6 is 0 Å². The quantitative estimate of drug-likeness (QED) is 0.770. The summed E-state index contributed by atoms with van der Waals surface area (Å²) in [5.41, 5.74) is 4.29. The average Bonchev–Trinajstić information content (AvgIpc) is 2.97. The van der Waals surface area contributed by atoms with Crippen LogP contribution in [0.2, 0.25) is 0 Å². The Hall–Kier alpha value is -1.76. The zero-order valence-electron chi connectivity index (χ0n) is 12.4. The van der Waals surface area contributed by atoms with Crippen LogP contribution in [0.25, 0.3) is 0 Å². The first kappa shape index (κ1) is 13.2. The van der Waals surface area contributed by atoms with Gasteiger partial charge in [-0.2, -0.15) is 0 Å². The van der Waals surface area contributed by atoms with Crippen molar-refractivity contribution in [2.45, 2.75) is 31.1 Å². The molecule has 2 atom stereocenters. The summed E-state index contributed by atoms with van der Waals surface area (Å²) in [4.78, 5) is 2.16. The van der Waals surface area contributed by atoms with Crippen molar-refractivity contribution in [1.82, 2.24) is 0 Å². The molecule has 0 heterocycles. The molecule has 104 valence electrons. The van der Waals surface area contributed by atoms with E-state index in [1.54, 1.807) is 0 Å². The smallest absolute Gasteiger partial charge is 0.0361 e. The van der Waals surface area contributed by atoms with Crippen molar-refractivity contribution in [3.8, 4) is 0 Å². The second-order valence-corrected chi connectivity index (χ2v) is 6.04. The Kier molecular flexibility index (Phi) is 3.77. The molecule has 20 heavy (non-hydrogen) atoms. The lowest BCUT2D eigenvalue weighted by molar-refractivity contribution is 0.624. The van der Waals surface area contributed by atoms with Crippen LogP contribution in [-0.4, -0.2) is 14.1 Å².